The van der Waals surface area contributed by atoms with Crippen molar-refractivity contribution in [3.05, 3.63) is 59.3 Å². The number of fused-ring (bicyclic) bond motifs is 1. The van der Waals surface area contributed by atoms with Crippen LogP contribution in [0.4, 0.5) is 13.2 Å². The van der Waals surface area contributed by atoms with Crippen LogP contribution in [0.5, 0.6) is 5.75 Å². The number of nitrogens with zero attached hydrogens (tertiary/aromatic N) is 4. The Morgan fingerprint density at radius 1 is 1.26 bits per heavy atom. The first kappa shape index (κ1) is 24.1. The number of aromatic nitrogens is 3. The number of allylic oxidation sites excluding steroid dienone is 1. The van der Waals surface area contributed by atoms with Crippen LogP contribution in [-0.2, 0) is 10.0 Å². The van der Waals surface area contributed by atoms with Crippen molar-refractivity contribution in [3.63, 3.8) is 0 Å². The molecule has 3 heterocycles. The van der Waals surface area contributed by atoms with Gasteiger partial charge in [0.1, 0.15) is 11.9 Å². The highest BCUT2D eigenvalue weighted by atomic mass is 32.2. The molecule has 1 fully saturated rings. The number of benzene rings is 1. The van der Waals surface area contributed by atoms with Gasteiger partial charge >= 0.3 is 6.36 Å². The van der Waals surface area contributed by atoms with Crippen LogP contribution in [0, 0.1) is 0 Å². The largest absolute Gasteiger partial charge is 0.573 e. The van der Waals surface area contributed by atoms with E-state index in [1.54, 1.807) is 0 Å². The number of pyridine rings is 1. The van der Waals surface area contributed by atoms with Gasteiger partial charge in [-0.1, -0.05) is 6.58 Å². The molecule has 13 heteroatoms. The van der Waals surface area contributed by atoms with Gasteiger partial charge in [-0.25, -0.2) is 18.1 Å². The van der Waals surface area contributed by atoms with Gasteiger partial charge in [-0.05, 0) is 42.8 Å². The smallest absolute Gasteiger partial charge is 0.406 e. The minimum atomic E-state index is -4.83. The molecule has 0 aliphatic carbocycles. The Hall–Kier alpha value is -3.00. The molecule has 1 saturated heterocycles. The number of sulfonamides is 1. The SMILES string of the molecule is C=C(C)S(=O)(=O)N1CC(c2nn(-c3ccc(OC(F)(F)F)cc3)c3nccc([C@@H](O)CO)c23)C1. The molecule has 34 heavy (non-hydrogen) atoms. The van der Waals surface area contributed by atoms with Gasteiger partial charge in [0.15, 0.2) is 5.65 Å². The van der Waals surface area contributed by atoms with Crippen molar-refractivity contribution < 1.29 is 36.5 Å². The third kappa shape index (κ3) is 4.39. The second-order valence-electron chi connectivity index (χ2n) is 7.86. The molecule has 0 saturated carbocycles. The Labute approximate surface area is 192 Å². The number of hydrogen-bond donors (Lipinski definition) is 2. The van der Waals surface area contributed by atoms with Gasteiger partial charge < -0.3 is 14.9 Å². The van der Waals surface area contributed by atoms with Crippen molar-refractivity contribution in [1.82, 2.24) is 19.1 Å². The number of aliphatic hydroxyl groups excluding tert-OH is 2. The van der Waals surface area contributed by atoms with Crippen molar-refractivity contribution in [2.75, 3.05) is 19.7 Å². The van der Waals surface area contributed by atoms with E-state index in [4.69, 9.17) is 0 Å². The Bertz CT molecular complexity index is 1330. The first-order chi connectivity index (χ1) is 15.9. The Morgan fingerprint density at radius 3 is 2.47 bits per heavy atom. The van der Waals surface area contributed by atoms with Gasteiger partial charge in [0.05, 0.1) is 18.0 Å². The first-order valence-electron chi connectivity index (χ1n) is 10.1. The lowest BCUT2D eigenvalue weighted by atomic mass is 9.94. The fraction of sp³-hybridized carbons (Fsp3) is 0.333. The average molecular weight is 498 g/mol. The molecular weight excluding hydrogens is 477 g/mol. The predicted molar refractivity (Wildman–Crippen MR) is 116 cm³/mol. The standard InChI is InChI=1S/C21H21F3N4O5S/c1-12(2)34(31,32)27-9-13(10-27)19-18-16(17(30)11-29)7-8-25-20(18)28(26-19)14-3-5-15(6-4-14)33-21(22,23)24/h3-8,13,17,29-30H,1,9-11H2,2H3/t17-/m0/s1. The maximum absolute atomic E-state index is 12.5. The molecule has 1 aliphatic rings. The van der Waals surface area contributed by atoms with Crippen LogP contribution >= 0.6 is 0 Å². The molecule has 0 unspecified atom stereocenters. The van der Waals surface area contributed by atoms with Crippen LogP contribution in [0.2, 0.25) is 0 Å². The zero-order valence-electron chi connectivity index (χ0n) is 17.9. The Morgan fingerprint density at radius 2 is 1.91 bits per heavy atom. The number of aliphatic hydroxyl groups is 2. The first-order valence-corrected chi connectivity index (χ1v) is 11.5. The molecule has 0 spiro atoms. The van der Waals surface area contributed by atoms with E-state index in [1.807, 2.05) is 0 Å². The number of hydrogen-bond acceptors (Lipinski definition) is 7. The van der Waals surface area contributed by atoms with Crippen molar-refractivity contribution in [2.45, 2.75) is 25.3 Å². The second kappa shape index (κ2) is 8.65. The van der Waals surface area contributed by atoms with Crippen LogP contribution in [0.1, 0.15) is 30.2 Å². The van der Waals surface area contributed by atoms with Crippen molar-refractivity contribution in [3.8, 4) is 11.4 Å². The molecule has 0 amide bonds. The number of halogens is 3. The van der Waals surface area contributed by atoms with Gasteiger partial charge in [0.2, 0.25) is 10.0 Å². The van der Waals surface area contributed by atoms with E-state index in [0.29, 0.717) is 28.0 Å². The van der Waals surface area contributed by atoms with Gasteiger partial charge in [-0.2, -0.15) is 9.40 Å². The topological polar surface area (TPSA) is 118 Å². The van der Waals surface area contributed by atoms with Crippen LogP contribution in [0.3, 0.4) is 0 Å². The van der Waals surface area contributed by atoms with E-state index >= 15 is 0 Å². The quantitative estimate of drug-likeness (QED) is 0.514. The maximum Gasteiger partial charge on any atom is 0.573 e. The van der Waals surface area contributed by atoms with E-state index in [2.05, 4.69) is 21.4 Å². The summed E-state index contributed by atoms with van der Waals surface area (Å²) >= 11 is 0. The predicted octanol–water partition coefficient (Wildman–Crippen LogP) is 2.61. The fourth-order valence-corrected chi connectivity index (χ4v) is 4.94. The molecule has 2 aromatic heterocycles. The lowest BCUT2D eigenvalue weighted by molar-refractivity contribution is -0.274. The van der Waals surface area contributed by atoms with Crippen molar-refractivity contribution in [1.29, 1.82) is 0 Å². The Balaban J connectivity index is 1.77. The lowest BCUT2D eigenvalue weighted by Crippen LogP contribution is -2.48. The number of rotatable bonds is 7. The molecule has 182 valence electrons. The van der Waals surface area contributed by atoms with Gasteiger partial charge in [-0.15, -0.1) is 13.2 Å². The average Bonchev–Trinajstić information content (AvgIpc) is 3.10. The van der Waals surface area contributed by atoms with E-state index in [-0.39, 0.29) is 23.9 Å². The molecule has 0 radical (unpaired) electrons. The molecular formula is C21H21F3N4O5S. The second-order valence-corrected chi connectivity index (χ2v) is 10.0. The minimum absolute atomic E-state index is 0.0144. The molecule has 3 aromatic rings. The van der Waals surface area contributed by atoms with Crippen LogP contribution < -0.4 is 4.74 Å². The Kier molecular flexibility index (Phi) is 6.14. The summed E-state index contributed by atoms with van der Waals surface area (Å²) in [5, 5.41) is 24.9. The summed E-state index contributed by atoms with van der Waals surface area (Å²) in [6.07, 6.45) is -4.65. The van der Waals surface area contributed by atoms with Crippen LogP contribution in [0.15, 0.2) is 48.0 Å². The summed E-state index contributed by atoms with van der Waals surface area (Å²) in [4.78, 5) is 4.34. The lowest BCUT2D eigenvalue weighted by Gasteiger charge is -2.37. The molecule has 2 N–H and O–H groups in total. The van der Waals surface area contributed by atoms with Gasteiger partial charge in [0.25, 0.3) is 0 Å². The molecule has 1 aliphatic heterocycles. The summed E-state index contributed by atoms with van der Waals surface area (Å²) < 4.78 is 68.7. The monoisotopic (exact) mass is 498 g/mol. The van der Waals surface area contributed by atoms with Gasteiger partial charge in [-0.3, -0.25) is 0 Å². The summed E-state index contributed by atoms with van der Waals surface area (Å²) in [5.41, 5.74) is 1.48. The molecule has 1 aromatic carbocycles. The van der Waals surface area contributed by atoms with Gasteiger partial charge in [0, 0.05) is 35.5 Å². The highest BCUT2D eigenvalue weighted by Gasteiger charge is 2.40. The summed E-state index contributed by atoms with van der Waals surface area (Å²) in [7, 11) is -3.64. The van der Waals surface area contributed by atoms with E-state index in [0.717, 1.165) is 12.1 Å². The summed E-state index contributed by atoms with van der Waals surface area (Å²) in [6.45, 7) is 4.59. The minimum Gasteiger partial charge on any atom is -0.406 e. The van der Waals surface area contributed by atoms with Crippen molar-refractivity contribution >= 4 is 21.1 Å². The number of alkyl halides is 3. The highest BCUT2D eigenvalue weighted by Crippen LogP contribution is 2.37. The van der Waals surface area contributed by atoms with Crippen molar-refractivity contribution in [2.24, 2.45) is 0 Å². The summed E-state index contributed by atoms with van der Waals surface area (Å²) in [5.74, 6) is -0.739. The van der Waals surface area contributed by atoms with Crippen LogP contribution in [-0.4, -0.2) is 63.8 Å². The zero-order valence-corrected chi connectivity index (χ0v) is 18.7. The molecule has 4 rings (SSSR count). The third-order valence-corrected chi connectivity index (χ3v) is 7.35. The third-order valence-electron chi connectivity index (χ3n) is 5.49. The van der Waals surface area contributed by atoms with E-state index in [9.17, 15) is 31.8 Å². The zero-order chi connectivity index (χ0) is 24.8. The molecule has 9 nitrogen and oxygen atoms in total. The fourth-order valence-electron chi connectivity index (χ4n) is 3.75. The highest BCUT2D eigenvalue weighted by molar-refractivity contribution is 7.93. The molecule has 0 bridgehead atoms. The maximum atomic E-state index is 12.5. The normalized spacial score (nSPS) is 16.4. The van der Waals surface area contributed by atoms with Crippen LogP contribution in [0.25, 0.3) is 16.7 Å². The van der Waals surface area contributed by atoms with E-state index in [1.165, 1.54) is 40.3 Å². The van der Waals surface area contributed by atoms with E-state index < -0.39 is 34.8 Å². The molecule has 1 atom stereocenters. The number of ether oxygens (including phenoxy) is 1. The summed E-state index contributed by atoms with van der Waals surface area (Å²) in [6, 6.07) is 6.53.